The largest absolute Gasteiger partial charge is 0.362 e. The molecule has 0 aliphatic carbocycles. The van der Waals surface area contributed by atoms with E-state index in [4.69, 9.17) is 23.8 Å². The average molecular weight is 294 g/mol. The number of thiocarbonyl (C=S) groups is 1. The average Bonchev–Trinajstić information content (AvgIpc) is 2.43. The molecule has 2 aromatic heterocycles. The molecule has 0 bridgehead atoms. The van der Waals surface area contributed by atoms with E-state index in [1.54, 1.807) is 12.3 Å². The van der Waals surface area contributed by atoms with Gasteiger partial charge in [-0.05, 0) is 30.4 Å². The number of anilines is 1. The molecule has 2 N–H and O–H groups in total. The molecular weight excluding hydrogens is 282 g/mol. The van der Waals surface area contributed by atoms with E-state index in [1.807, 2.05) is 18.2 Å². The number of halogens is 1. The fraction of sp³-hybridized carbons (Fsp3) is 0.167. The fourth-order valence-corrected chi connectivity index (χ4v) is 1.74. The molecule has 0 aliphatic rings. The van der Waals surface area contributed by atoms with Crippen molar-refractivity contribution < 1.29 is 0 Å². The molecule has 0 aromatic carbocycles. The summed E-state index contributed by atoms with van der Waals surface area (Å²) in [7, 11) is 0. The van der Waals surface area contributed by atoms with Gasteiger partial charge in [-0.1, -0.05) is 17.7 Å². The van der Waals surface area contributed by atoms with Gasteiger partial charge >= 0.3 is 0 Å². The van der Waals surface area contributed by atoms with Crippen LogP contribution in [0.4, 0.5) is 5.82 Å². The summed E-state index contributed by atoms with van der Waals surface area (Å²) in [6.07, 6.45) is 4.08. The zero-order chi connectivity index (χ0) is 13.5. The van der Waals surface area contributed by atoms with Crippen molar-refractivity contribution in [1.82, 2.24) is 20.5 Å². The van der Waals surface area contributed by atoms with Crippen LogP contribution in [0.25, 0.3) is 0 Å². The van der Waals surface area contributed by atoms with Gasteiger partial charge in [0.1, 0.15) is 0 Å². The Bertz CT molecular complexity index is 549. The van der Waals surface area contributed by atoms with Gasteiger partial charge in [0.2, 0.25) is 0 Å². The molecule has 0 amide bonds. The lowest BCUT2D eigenvalue weighted by Gasteiger charge is -2.09. The zero-order valence-electron chi connectivity index (χ0n) is 10.0. The Labute approximate surface area is 121 Å². The van der Waals surface area contributed by atoms with Crippen molar-refractivity contribution in [2.45, 2.75) is 6.42 Å². The molecule has 0 radical (unpaired) electrons. The first-order chi connectivity index (χ1) is 9.25. The molecule has 0 saturated carbocycles. The maximum absolute atomic E-state index is 5.94. The second-order valence-corrected chi connectivity index (χ2v) is 4.50. The van der Waals surface area contributed by atoms with Crippen molar-refractivity contribution in [3.05, 3.63) is 47.4 Å². The molecule has 0 atom stereocenters. The number of nitrogens with one attached hydrogen (secondary N) is 2. The van der Waals surface area contributed by atoms with Crippen molar-refractivity contribution in [3.63, 3.8) is 0 Å². The summed E-state index contributed by atoms with van der Waals surface area (Å²) in [5, 5.41) is 14.5. The monoisotopic (exact) mass is 293 g/mol. The number of hydrogen-bond donors (Lipinski definition) is 2. The van der Waals surface area contributed by atoms with E-state index in [0.29, 0.717) is 22.5 Å². The molecule has 0 unspecified atom stereocenters. The normalized spacial score (nSPS) is 9.95. The van der Waals surface area contributed by atoms with Gasteiger partial charge in [-0.2, -0.15) is 5.10 Å². The summed E-state index contributed by atoms with van der Waals surface area (Å²) in [6.45, 7) is 0.681. The van der Waals surface area contributed by atoms with Crippen molar-refractivity contribution in [2.75, 3.05) is 11.9 Å². The lowest BCUT2D eigenvalue weighted by atomic mass is 10.3. The molecule has 7 heteroatoms. The summed E-state index contributed by atoms with van der Waals surface area (Å²) in [5.41, 5.74) is 1.01. The first-order valence-corrected chi connectivity index (χ1v) is 6.46. The number of rotatable bonds is 4. The van der Waals surface area contributed by atoms with Gasteiger partial charge < -0.3 is 10.6 Å². The summed E-state index contributed by atoms with van der Waals surface area (Å²) >= 11 is 11.1. The Morgan fingerprint density at radius 1 is 1.26 bits per heavy atom. The number of hydrogen-bond acceptors (Lipinski definition) is 4. The topological polar surface area (TPSA) is 62.7 Å². The molecule has 0 spiro atoms. The van der Waals surface area contributed by atoms with Crippen LogP contribution in [0, 0.1) is 0 Å². The van der Waals surface area contributed by atoms with Crippen molar-refractivity contribution >= 4 is 34.7 Å². The molecule has 19 heavy (non-hydrogen) atoms. The van der Waals surface area contributed by atoms with Crippen LogP contribution < -0.4 is 10.6 Å². The molecule has 98 valence electrons. The molecular formula is C12H12ClN5S. The maximum Gasteiger partial charge on any atom is 0.173 e. The van der Waals surface area contributed by atoms with E-state index in [2.05, 4.69) is 25.8 Å². The SMILES string of the molecule is S=C(NCCc1ccccn1)Nc1nnccc1Cl. The van der Waals surface area contributed by atoms with Crippen LogP contribution in [-0.4, -0.2) is 26.8 Å². The predicted molar refractivity (Wildman–Crippen MR) is 79.2 cm³/mol. The summed E-state index contributed by atoms with van der Waals surface area (Å²) in [4.78, 5) is 4.23. The summed E-state index contributed by atoms with van der Waals surface area (Å²) in [5.74, 6) is 0.444. The van der Waals surface area contributed by atoms with Crippen molar-refractivity contribution in [1.29, 1.82) is 0 Å². The fourth-order valence-electron chi connectivity index (χ4n) is 1.40. The van der Waals surface area contributed by atoms with E-state index in [0.717, 1.165) is 12.1 Å². The van der Waals surface area contributed by atoms with Gasteiger partial charge in [0.25, 0.3) is 0 Å². The lowest BCUT2D eigenvalue weighted by Crippen LogP contribution is -2.30. The Morgan fingerprint density at radius 3 is 2.89 bits per heavy atom. The second kappa shape index (κ2) is 6.96. The molecule has 2 rings (SSSR count). The van der Waals surface area contributed by atoms with Crippen LogP contribution >= 0.6 is 23.8 Å². The number of nitrogens with zero attached hydrogens (tertiary/aromatic N) is 3. The van der Waals surface area contributed by atoms with Crippen molar-refractivity contribution in [2.24, 2.45) is 0 Å². The highest BCUT2D eigenvalue weighted by Gasteiger charge is 2.03. The minimum atomic E-state index is 0.444. The Morgan fingerprint density at radius 2 is 2.16 bits per heavy atom. The smallest absolute Gasteiger partial charge is 0.173 e. The Kier molecular flexibility index (Phi) is 5.00. The van der Waals surface area contributed by atoms with Gasteiger partial charge in [0.05, 0.1) is 11.2 Å². The van der Waals surface area contributed by atoms with Gasteiger partial charge in [-0.3, -0.25) is 4.98 Å². The van der Waals surface area contributed by atoms with Gasteiger partial charge in [-0.25, -0.2) is 0 Å². The highest BCUT2D eigenvalue weighted by atomic mass is 35.5. The van der Waals surface area contributed by atoms with Crippen LogP contribution in [0.3, 0.4) is 0 Å². The quantitative estimate of drug-likeness (QED) is 0.841. The van der Waals surface area contributed by atoms with E-state index in [1.165, 1.54) is 6.20 Å². The van der Waals surface area contributed by atoms with Gasteiger partial charge in [0, 0.05) is 24.9 Å². The van der Waals surface area contributed by atoms with Crippen molar-refractivity contribution in [3.8, 4) is 0 Å². The minimum Gasteiger partial charge on any atom is -0.362 e. The predicted octanol–water partition coefficient (Wildman–Crippen LogP) is 2.05. The first-order valence-electron chi connectivity index (χ1n) is 5.67. The van der Waals surface area contributed by atoms with E-state index >= 15 is 0 Å². The molecule has 2 heterocycles. The third-order valence-corrected chi connectivity index (χ3v) is 2.85. The minimum absolute atomic E-state index is 0.444. The number of pyridine rings is 1. The molecule has 5 nitrogen and oxygen atoms in total. The number of aromatic nitrogens is 3. The molecule has 0 aliphatic heterocycles. The third-order valence-electron chi connectivity index (χ3n) is 2.30. The third kappa shape index (κ3) is 4.42. The Balaban J connectivity index is 1.78. The summed E-state index contributed by atoms with van der Waals surface area (Å²) < 4.78 is 0. The van der Waals surface area contributed by atoms with Crippen LogP contribution in [0.1, 0.15) is 5.69 Å². The van der Waals surface area contributed by atoms with Crippen LogP contribution in [0.2, 0.25) is 5.02 Å². The van der Waals surface area contributed by atoms with E-state index in [-0.39, 0.29) is 0 Å². The molecule has 0 saturated heterocycles. The van der Waals surface area contributed by atoms with Gasteiger partial charge in [-0.15, -0.1) is 5.10 Å². The summed E-state index contributed by atoms with van der Waals surface area (Å²) in [6, 6.07) is 7.46. The molecule has 0 fully saturated rings. The first kappa shape index (κ1) is 13.6. The second-order valence-electron chi connectivity index (χ2n) is 3.68. The standard InChI is InChI=1S/C12H12ClN5S/c13-10-5-8-16-18-11(10)17-12(19)15-7-4-9-3-1-2-6-14-9/h1-3,5-6,8H,4,7H2,(H2,15,17,18,19). The van der Waals surface area contributed by atoms with Crippen LogP contribution in [0.15, 0.2) is 36.7 Å². The lowest BCUT2D eigenvalue weighted by molar-refractivity contribution is 0.846. The van der Waals surface area contributed by atoms with Crippen LogP contribution in [-0.2, 0) is 6.42 Å². The van der Waals surface area contributed by atoms with E-state index < -0.39 is 0 Å². The van der Waals surface area contributed by atoms with Gasteiger partial charge in [0.15, 0.2) is 10.9 Å². The highest BCUT2D eigenvalue weighted by molar-refractivity contribution is 7.80. The maximum atomic E-state index is 5.94. The molecule has 2 aromatic rings. The zero-order valence-corrected chi connectivity index (χ0v) is 11.6. The van der Waals surface area contributed by atoms with Crippen LogP contribution in [0.5, 0.6) is 0 Å². The Hall–Kier alpha value is -1.79. The highest BCUT2D eigenvalue weighted by Crippen LogP contribution is 2.15. The van der Waals surface area contributed by atoms with E-state index in [9.17, 15) is 0 Å².